The fourth-order valence-corrected chi connectivity index (χ4v) is 2.33. The van der Waals surface area contributed by atoms with Crippen LogP contribution >= 0.6 is 0 Å². The minimum absolute atomic E-state index is 0.395. The van der Waals surface area contributed by atoms with E-state index >= 15 is 0 Å². The summed E-state index contributed by atoms with van der Waals surface area (Å²) in [6, 6.07) is 0. The number of carbonyl (C=O) groups is 1. The van der Waals surface area contributed by atoms with Crippen LogP contribution in [-0.4, -0.2) is 42.7 Å². The van der Waals surface area contributed by atoms with Gasteiger partial charge in [-0.1, -0.05) is 0 Å². The number of esters is 1. The molecule has 2 rings (SSSR count). The quantitative estimate of drug-likeness (QED) is 0.781. The Bertz CT molecular complexity index is 424. The summed E-state index contributed by atoms with van der Waals surface area (Å²) >= 11 is 0. The molecule has 0 bridgehead atoms. The van der Waals surface area contributed by atoms with Crippen LogP contribution in [0.2, 0.25) is 0 Å². The molecule has 0 aliphatic carbocycles. The molecule has 1 fully saturated rings. The summed E-state index contributed by atoms with van der Waals surface area (Å²) in [5, 5.41) is 0. The molecular formula is C12H18N4O2. The summed E-state index contributed by atoms with van der Waals surface area (Å²) < 4.78 is 4.75. The zero-order valence-electron chi connectivity index (χ0n) is 10.5. The third-order valence-electron chi connectivity index (χ3n) is 3.26. The first-order valence-electron chi connectivity index (χ1n) is 6.09. The van der Waals surface area contributed by atoms with Gasteiger partial charge in [0, 0.05) is 19.3 Å². The Hall–Kier alpha value is -1.69. The summed E-state index contributed by atoms with van der Waals surface area (Å²) in [6.45, 7) is 2.48. The smallest absolute Gasteiger partial charge is 0.343 e. The minimum atomic E-state index is -0.395. The van der Waals surface area contributed by atoms with Gasteiger partial charge < -0.3 is 15.4 Å². The van der Waals surface area contributed by atoms with E-state index in [1.807, 2.05) is 0 Å². The van der Waals surface area contributed by atoms with Crippen molar-refractivity contribution < 1.29 is 9.53 Å². The van der Waals surface area contributed by atoms with E-state index in [2.05, 4.69) is 14.9 Å². The van der Waals surface area contributed by atoms with Gasteiger partial charge in [-0.25, -0.2) is 14.8 Å². The molecule has 6 nitrogen and oxygen atoms in total. The van der Waals surface area contributed by atoms with Crippen LogP contribution in [0.3, 0.4) is 0 Å². The van der Waals surface area contributed by atoms with Crippen LogP contribution in [0.4, 0.5) is 5.82 Å². The van der Waals surface area contributed by atoms with Crippen molar-refractivity contribution in [1.29, 1.82) is 0 Å². The Kier molecular flexibility index (Phi) is 4.09. The first kappa shape index (κ1) is 12.8. The molecule has 1 saturated heterocycles. The Balaban J connectivity index is 2.16. The highest BCUT2D eigenvalue weighted by atomic mass is 16.5. The van der Waals surface area contributed by atoms with Crippen LogP contribution in [0, 0.1) is 5.92 Å². The molecule has 0 radical (unpaired) electrons. The van der Waals surface area contributed by atoms with E-state index in [1.54, 1.807) is 0 Å². The molecule has 2 heterocycles. The zero-order chi connectivity index (χ0) is 13.0. The van der Waals surface area contributed by atoms with Gasteiger partial charge in [-0.2, -0.15) is 0 Å². The van der Waals surface area contributed by atoms with Gasteiger partial charge in [-0.05, 0) is 25.3 Å². The predicted octanol–water partition coefficient (Wildman–Crippen LogP) is 0.438. The summed E-state index contributed by atoms with van der Waals surface area (Å²) in [4.78, 5) is 21.8. The van der Waals surface area contributed by atoms with E-state index in [-0.39, 0.29) is 0 Å². The largest absolute Gasteiger partial charge is 0.465 e. The average molecular weight is 250 g/mol. The van der Waals surface area contributed by atoms with Crippen molar-refractivity contribution in [3.8, 4) is 0 Å². The third kappa shape index (κ3) is 2.59. The van der Waals surface area contributed by atoms with Crippen LogP contribution in [0.1, 0.15) is 23.2 Å². The number of carbonyl (C=O) groups excluding carboxylic acids is 1. The molecule has 0 spiro atoms. The molecule has 18 heavy (non-hydrogen) atoms. The number of hydrogen-bond donors (Lipinski definition) is 1. The summed E-state index contributed by atoms with van der Waals surface area (Å²) in [6.07, 6.45) is 5.05. The fraction of sp³-hybridized carbons (Fsp3) is 0.583. The van der Waals surface area contributed by atoms with E-state index in [0.717, 1.165) is 25.9 Å². The molecule has 1 unspecified atom stereocenters. The van der Waals surface area contributed by atoms with Crippen molar-refractivity contribution in [3.05, 3.63) is 18.1 Å². The number of methoxy groups -OCH3 is 1. The fourth-order valence-electron chi connectivity index (χ4n) is 2.33. The Morgan fingerprint density at radius 3 is 3.22 bits per heavy atom. The van der Waals surface area contributed by atoms with Gasteiger partial charge >= 0.3 is 5.97 Å². The molecule has 1 aromatic heterocycles. The minimum Gasteiger partial charge on any atom is -0.465 e. The van der Waals surface area contributed by atoms with Crippen LogP contribution in [-0.2, 0) is 4.74 Å². The van der Waals surface area contributed by atoms with Crippen LogP contribution in [0.25, 0.3) is 0 Å². The van der Waals surface area contributed by atoms with Crippen LogP contribution in [0.15, 0.2) is 12.5 Å². The lowest BCUT2D eigenvalue weighted by molar-refractivity contribution is 0.0600. The molecule has 98 valence electrons. The Morgan fingerprint density at radius 1 is 1.67 bits per heavy atom. The molecule has 1 atom stereocenters. The molecule has 1 aromatic rings. The van der Waals surface area contributed by atoms with Crippen molar-refractivity contribution in [2.45, 2.75) is 12.8 Å². The molecule has 1 aliphatic heterocycles. The number of ether oxygens (including phenoxy) is 1. The maximum Gasteiger partial charge on any atom is 0.343 e. The molecule has 0 amide bonds. The lowest BCUT2D eigenvalue weighted by Crippen LogP contribution is -2.24. The van der Waals surface area contributed by atoms with Gasteiger partial charge in [0.1, 0.15) is 17.7 Å². The molecule has 2 N–H and O–H groups in total. The number of rotatable bonds is 4. The lowest BCUT2D eigenvalue weighted by atomic mass is 10.1. The zero-order valence-corrected chi connectivity index (χ0v) is 10.5. The van der Waals surface area contributed by atoms with Crippen molar-refractivity contribution in [3.63, 3.8) is 0 Å². The normalized spacial score (nSPS) is 19.0. The maximum absolute atomic E-state index is 11.6. The van der Waals surface area contributed by atoms with Crippen LogP contribution in [0.5, 0.6) is 0 Å². The third-order valence-corrected chi connectivity index (χ3v) is 3.26. The van der Waals surface area contributed by atoms with Crippen molar-refractivity contribution in [2.24, 2.45) is 11.7 Å². The highest BCUT2D eigenvalue weighted by Crippen LogP contribution is 2.26. The van der Waals surface area contributed by atoms with Gasteiger partial charge in [-0.3, -0.25) is 0 Å². The second-order valence-corrected chi connectivity index (χ2v) is 4.43. The highest BCUT2D eigenvalue weighted by molar-refractivity contribution is 5.94. The number of nitrogens with two attached hydrogens (primary N) is 1. The van der Waals surface area contributed by atoms with Crippen molar-refractivity contribution in [1.82, 2.24) is 9.97 Å². The topological polar surface area (TPSA) is 81.3 Å². The SMILES string of the molecule is COC(=O)c1cncnc1N1CCC(CCN)C1. The Labute approximate surface area is 106 Å². The number of nitrogens with zero attached hydrogens (tertiary/aromatic N) is 3. The van der Waals surface area contributed by atoms with Crippen molar-refractivity contribution >= 4 is 11.8 Å². The van der Waals surface area contributed by atoms with E-state index in [9.17, 15) is 4.79 Å². The van der Waals surface area contributed by atoms with Gasteiger partial charge in [0.15, 0.2) is 0 Å². The second kappa shape index (κ2) is 5.77. The Morgan fingerprint density at radius 2 is 2.50 bits per heavy atom. The summed E-state index contributed by atoms with van der Waals surface area (Å²) in [5.41, 5.74) is 6.00. The monoisotopic (exact) mass is 250 g/mol. The number of hydrogen-bond acceptors (Lipinski definition) is 6. The van der Waals surface area contributed by atoms with Crippen molar-refractivity contribution in [2.75, 3.05) is 31.6 Å². The van der Waals surface area contributed by atoms with Gasteiger partial charge in [0.25, 0.3) is 0 Å². The molecule has 6 heteroatoms. The standard InChI is InChI=1S/C12H18N4O2/c1-18-12(17)10-6-14-8-15-11(10)16-5-3-9(7-16)2-4-13/h6,8-9H,2-5,7,13H2,1H3. The van der Waals surface area contributed by atoms with Gasteiger partial charge in [0.2, 0.25) is 0 Å². The number of anilines is 1. The summed E-state index contributed by atoms with van der Waals surface area (Å²) in [5.74, 6) is 0.847. The molecule has 1 aliphatic rings. The predicted molar refractivity (Wildman–Crippen MR) is 67.4 cm³/mol. The van der Waals surface area contributed by atoms with Gasteiger partial charge in [0.05, 0.1) is 7.11 Å². The average Bonchev–Trinajstić information content (AvgIpc) is 2.87. The summed E-state index contributed by atoms with van der Waals surface area (Å²) in [7, 11) is 1.36. The molecule has 0 aromatic carbocycles. The van der Waals surface area contributed by atoms with E-state index in [0.29, 0.717) is 23.8 Å². The van der Waals surface area contributed by atoms with Gasteiger partial charge in [-0.15, -0.1) is 0 Å². The lowest BCUT2D eigenvalue weighted by Gasteiger charge is -2.19. The second-order valence-electron chi connectivity index (χ2n) is 4.43. The first-order chi connectivity index (χ1) is 8.76. The maximum atomic E-state index is 11.6. The first-order valence-corrected chi connectivity index (χ1v) is 6.09. The van der Waals surface area contributed by atoms with E-state index < -0.39 is 5.97 Å². The van der Waals surface area contributed by atoms with Crippen LogP contribution < -0.4 is 10.6 Å². The molecule has 0 saturated carbocycles. The van der Waals surface area contributed by atoms with E-state index in [1.165, 1.54) is 19.6 Å². The van der Waals surface area contributed by atoms with E-state index in [4.69, 9.17) is 10.5 Å². The molecular weight excluding hydrogens is 232 g/mol. The highest BCUT2D eigenvalue weighted by Gasteiger charge is 2.26. The number of aromatic nitrogens is 2.